The van der Waals surface area contributed by atoms with Crippen LogP contribution in [-0.2, 0) is 4.57 Å². The van der Waals surface area contributed by atoms with E-state index in [1.165, 1.54) is 0 Å². The highest BCUT2D eigenvalue weighted by Gasteiger charge is 2.19. The Balaban J connectivity index is 2.22. The lowest BCUT2D eigenvalue weighted by atomic mass is 10.1. The van der Waals surface area contributed by atoms with Crippen molar-refractivity contribution < 1.29 is 9.09 Å². The molecule has 3 nitrogen and oxygen atoms in total. The fourth-order valence-electron chi connectivity index (χ4n) is 2.16. The van der Waals surface area contributed by atoms with Gasteiger partial charge in [-0.2, -0.15) is 0 Å². The van der Waals surface area contributed by atoms with Gasteiger partial charge >= 0.3 is 7.52 Å². The predicted octanol–water partition coefficient (Wildman–Crippen LogP) is 5.58. The van der Waals surface area contributed by atoms with Crippen LogP contribution in [0, 0.1) is 20.8 Å². The van der Waals surface area contributed by atoms with Crippen molar-refractivity contribution >= 4 is 24.8 Å². The Labute approximate surface area is 130 Å². The highest BCUT2D eigenvalue weighted by atomic mass is 35.5. The molecule has 0 aromatic heterocycles. The van der Waals surface area contributed by atoms with E-state index in [1.807, 2.05) is 51.1 Å². The Morgan fingerprint density at radius 3 is 2.33 bits per heavy atom. The van der Waals surface area contributed by atoms with Crippen LogP contribution in [0.1, 0.15) is 16.7 Å². The molecular weight excluding hydrogens is 305 g/mol. The van der Waals surface area contributed by atoms with Crippen molar-refractivity contribution in [1.82, 2.24) is 0 Å². The lowest BCUT2D eigenvalue weighted by molar-refractivity contribution is 0.493. The molecule has 112 valence electrons. The smallest absolute Gasteiger partial charge is 0.338 e. The van der Waals surface area contributed by atoms with E-state index in [0.29, 0.717) is 10.8 Å². The monoisotopic (exact) mass is 323 g/mol. The van der Waals surface area contributed by atoms with Crippen LogP contribution in [0.3, 0.4) is 0 Å². The fourth-order valence-corrected chi connectivity index (χ4v) is 3.56. The summed E-state index contributed by atoms with van der Waals surface area (Å²) in [7, 11) is -3.03. The molecule has 2 rings (SSSR count). The van der Waals surface area contributed by atoms with Gasteiger partial charge in [0.15, 0.2) is 0 Å². The standard InChI is InChI=1S/C16H19ClNO2P/c1-11-8-12(2)10-14(9-11)20-21(4,19)18-16-7-5-6-15(17)13(16)3/h5-10H,1-4H3,(H,18,19)/t21-/m1/s1. The lowest BCUT2D eigenvalue weighted by Gasteiger charge is -2.19. The molecule has 0 bridgehead atoms. The number of anilines is 1. The molecule has 0 unspecified atom stereocenters. The molecule has 21 heavy (non-hydrogen) atoms. The predicted molar refractivity (Wildman–Crippen MR) is 89.9 cm³/mol. The van der Waals surface area contributed by atoms with Gasteiger partial charge in [0.25, 0.3) is 0 Å². The summed E-state index contributed by atoms with van der Waals surface area (Å²) in [6.45, 7) is 7.40. The van der Waals surface area contributed by atoms with Crippen molar-refractivity contribution in [3.8, 4) is 5.75 Å². The van der Waals surface area contributed by atoms with E-state index >= 15 is 0 Å². The number of hydrogen-bond acceptors (Lipinski definition) is 2. The van der Waals surface area contributed by atoms with Crippen LogP contribution in [0.25, 0.3) is 0 Å². The minimum absolute atomic E-state index is 0.602. The quantitative estimate of drug-likeness (QED) is 0.746. The summed E-state index contributed by atoms with van der Waals surface area (Å²) >= 11 is 6.07. The second-order valence-electron chi connectivity index (χ2n) is 5.28. The van der Waals surface area contributed by atoms with E-state index in [1.54, 1.807) is 12.7 Å². The second kappa shape index (κ2) is 6.13. The highest BCUT2D eigenvalue weighted by molar-refractivity contribution is 7.60. The highest BCUT2D eigenvalue weighted by Crippen LogP contribution is 2.44. The van der Waals surface area contributed by atoms with Crippen LogP contribution < -0.4 is 9.61 Å². The summed E-state index contributed by atoms with van der Waals surface area (Å²) < 4.78 is 18.3. The van der Waals surface area contributed by atoms with Gasteiger partial charge in [-0.15, -0.1) is 0 Å². The molecule has 0 saturated carbocycles. The van der Waals surface area contributed by atoms with Crippen molar-refractivity contribution in [1.29, 1.82) is 0 Å². The summed E-state index contributed by atoms with van der Waals surface area (Å²) in [6, 6.07) is 11.2. The molecule has 0 aliphatic rings. The minimum atomic E-state index is -3.03. The van der Waals surface area contributed by atoms with Crippen LogP contribution in [0.5, 0.6) is 5.75 Å². The Morgan fingerprint density at radius 1 is 1.10 bits per heavy atom. The van der Waals surface area contributed by atoms with Crippen LogP contribution in [0.2, 0.25) is 5.02 Å². The van der Waals surface area contributed by atoms with Gasteiger partial charge in [-0.05, 0) is 61.7 Å². The third-order valence-electron chi connectivity index (χ3n) is 3.07. The number of benzene rings is 2. The molecule has 0 aliphatic carbocycles. The molecule has 1 N–H and O–H groups in total. The van der Waals surface area contributed by atoms with Crippen molar-refractivity contribution in [2.24, 2.45) is 0 Å². The first-order chi connectivity index (χ1) is 9.77. The maximum atomic E-state index is 12.7. The van der Waals surface area contributed by atoms with Gasteiger partial charge in [-0.3, -0.25) is 4.57 Å². The van der Waals surface area contributed by atoms with E-state index in [4.69, 9.17) is 16.1 Å². The molecule has 1 atom stereocenters. The number of aryl methyl sites for hydroxylation is 2. The second-order valence-corrected chi connectivity index (χ2v) is 7.79. The maximum absolute atomic E-state index is 12.7. The molecule has 2 aromatic carbocycles. The number of rotatable bonds is 4. The zero-order chi connectivity index (χ0) is 15.6. The van der Waals surface area contributed by atoms with E-state index < -0.39 is 7.52 Å². The maximum Gasteiger partial charge on any atom is 0.338 e. The number of hydrogen-bond donors (Lipinski definition) is 1. The first kappa shape index (κ1) is 15.9. The van der Waals surface area contributed by atoms with Crippen LogP contribution >= 0.6 is 19.1 Å². The lowest BCUT2D eigenvalue weighted by Crippen LogP contribution is -2.04. The van der Waals surface area contributed by atoms with E-state index in [2.05, 4.69) is 5.09 Å². The molecule has 0 radical (unpaired) electrons. The Kier molecular flexibility index (Phi) is 4.65. The average molecular weight is 324 g/mol. The van der Waals surface area contributed by atoms with E-state index in [-0.39, 0.29) is 0 Å². The van der Waals surface area contributed by atoms with Gasteiger partial charge in [-0.1, -0.05) is 23.7 Å². The van der Waals surface area contributed by atoms with Crippen LogP contribution in [0.15, 0.2) is 36.4 Å². The zero-order valence-corrected chi connectivity index (χ0v) is 14.3. The molecule has 0 aliphatic heterocycles. The first-order valence-corrected chi connectivity index (χ1v) is 9.11. The normalized spacial score (nSPS) is 13.6. The summed E-state index contributed by atoms with van der Waals surface area (Å²) in [5.41, 5.74) is 3.72. The largest absolute Gasteiger partial charge is 0.429 e. The summed E-state index contributed by atoms with van der Waals surface area (Å²) in [4.78, 5) is 0. The molecule has 2 aromatic rings. The van der Waals surface area contributed by atoms with Crippen molar-refractivity contribution in [3.05, 3.63) is 58.1 Å². The summed E-state index contributed by atoms with van der Waals surface area (Å²) in [5, 5.41) is 3.59. The fraction of sp³-hybridized carbons (Fsp3) is 0.250. The van der Waals surface area contributed by atoms with E-state index in [9.17, 15) is 4.57 Å². The molecule has 0 spiro atoms. The molecule has 0 heterocycles. The van der Waals surface area contributed by atoms with Gasteiger partial charge in [0.05, 0.1) is 0 Å². The van der Waals surface area contributed by atoms with Crippen molar-refractivity contribution in [3.63, 3.8) is 0 Å². The van der Waals surface area contributed by atoms with Crippen molar-refractivity contribution in [2.75, 3.05) is 11.8 Å². The molecule has 5 heteroatoms. The Morgan fingerprint density at radius 2 is 1.71 bits per heavy atom. The number of nitrogens with one attached hydrogen (secondary N) is 1. The van der Waals surface area contributed by atoms with Gasteiger partial charge in [0.2, 0.25) is 0 Å². The molecule has 0 fully saturated rings. The third-order valence-corrected chi connectivity index (χ3v) is 4.68. The van der Waals surface area contributed by atoms with Gasteiger partial charge in [-0.25, -0.2) is 0 Å². The minimum Gasteiger partial charge on any atom is -0.429 e. The topological polar surface area (TPSA) is 38.3 Å². The van der Waals surface area contributed by atoms with Crippen LogP contribution in [-0.4, -0.2) is 6.66 Å². The first-order valence-electron chi connectivity index (χ1n) is 6.66. The van der Waals surface area contributed by atoms with Gasteiger partial charge in [0, 0.05) is 17.4 Å². The Bertz CT molecular complexity index is 695. The summed E-state index contributed by atoms with van der Waals surface area (Å²) in [6.07, 6.45) is 0. The Hall–Kier alpha value is -1.44. The van der Waals surface area contributed by atoms with Crippen molar-refractivity contribution in [2.45, 2.75) is 20.8 Å². The zero-order valence-electron chi connectivity index (χ0n) is 12.6. The molecule has 0 saturated heterocycles. The van der Waals surface area contributed by atoms with E-state index in [0.717, 1.165) is 22.4 Å². The SMILES string of the molecule is Cc1cc(C)cc(O[P@@](C)(=O)Nc2cccc(Cl)c2C)c1. The summed E-state index contributed by atoms with van der Waals surface area (Å²) in [5.74, 6) is 0.602. The number of halogens is 1. The average Bonchev–Trinajstić information content (AvgIpc) is 2.32. The van der Waals surface area contributed by atoms with Crippen LogP contribution in [0.4, 0.5) is 5.69 Å². The third kappa shape index (κ3) is 4.26. The molecule has 0 amide bonds. The van der Waals surface area contributed by atoms with Gasteiger partial charge < -0.3 is 9.61 Å². The molecular formula is C16H19ClNO2P. The van der Waals surface area contributed by atoms with Gasteiger partial charge in [0.1, 0.15) is 5.75 Å².